The first-order valence-corrected chi connectivity index (χ1v) is 8.80. The summed E-state index contributed by atoms with van der Waals surface area (Å²) in [6.07, 6.45) is -4.42. The molecule has 0 saturated carbocycles. The number of halogens is 4. The lowest BCUT2D eigenvalue weighted by Crippen LogP contribution is -2.50. The highest BCUT2D eigenvalue weighted by atomic mass is 35.5. The molecule has 3 rings (SSSR count). The minimum atomic E-state index is -4.42. The van der Waals surface area contributed by atoms with Crippen LogP contribution in [0.3, 0.4) is 0 Å². The molecule has 1 amide bonds. The maximum Gasteiger partial charge on any atom is 0.416 e. The van der Waals surface area contributed by atoms with Crippen molar-refractivity contribution in [3.63, 3.8) is 0 Å². The largest absolute Gasteiger partial charge is 0.484 e. The zero-order chi connectivity index (χ0) is 19.4. The highest BCUT2D eigenvalue weighted by Crippen LogP contribution is 2.35. The number of hydrogen-bond acceptors (Lipinski definition) is 3. The van der Waals surface area contributed by atoms with Gasteiger partial charge in [0.1, 0.15) is 5.75 Å². The number of para-hydroxylation sites is 1. The van der Waals surface area contributed by atoms with E-state index < -0.39 is 11.7 Å². The lowest BCUT2D eigenvalue weighted by Gasteiger charge is -2.36. The molecule has 8 heteroatoms. The Morgan fingerprint density at radius 3 is 2.33 bits per heavy atom. The van der Waals surface area contributed by atoms with E-state index in [1.165, 1.54) is 6.07 Å². The van der Waals surface area contributed by atoms with Crippen molar-refractivity contribution >= 4 is 23.2 Å². The lowest BCUT2D eigenvalue weighted by atomic mass is 10.1. The van der Waals surface area contributed by atoms with Crippen LogP contribution in [0.25, 0.3) is 0 Å². The summed E-state index contributed by atoms with van der Waals surface area (Å²) in [6, 6.07) is 12.3. The van der Waals surface area contributed by atoms with Crippen LogP contribution in [0.15, 0.2) is 48.5 Å². The number of hydrogen-bond donors (Lipinski definition) is 0. The molecule has 0 N–H and O–H groups in total. The van der Waals surface area contributed by atoms with Crippen molar-refractivity contribution in [1.29, 1.82) is 0 Å². The molecule has 0 atom stereocenters. The molecule has 1 aliphatic rings. The molecule has 0 aromatic heterocycles. The van der Waals surface area contributed by atoms with E-state index >= 15 is 0 Å². The van der Waals surface area contributed by atoms with Crippen LogP contribution in [-0.2, 0) is 11.0 Å². The third-order valence-corrected chi connectivity index (χ3v) is 4.67. The van der Waals surface area contributed by atoms with Crippen molar-refractivity contribution in [1.82, 2.24) is 4.90 Å². The fourth-order valence-electron chi connectivity index (χ4n) is 2.88. The third-order valence-electron chi connectivity index (χ3n) is 4.35. The van der Waals surface area contributed by atoms with E-state index in [2.05, 4.69) is 0 Å². The molecule has 0 bridgehead atoms. The lowest BCUT2D eigenvalue weighted by molar-refractivity contribution is -0.137. The van der Waals surface area contributed by atoms with Crippen molar-refractivity contribution in [2.24, 2.45) is 0 Å². The molecule has 2 aromatic carbocycles. The predicted molar refractivity (Wildman–Crippen MR) is 97.2 cm³/mol. The Bertz CT molecular complexity index is 791. The van der Waals surface area contributed by atoms with Crippen molar-refractivity contribution in [2.45, 2.75) is 6.18 Å². The van der Waals surface area contributed by atoms with Gasteiger partial charge in [-0.15, -0.1) is 0 Å². The molecular weight excluding hydrogens is 381 g/mol. The van der Waals surface area contributed by atoms with Gasteiger partial charge in [-0.1, -0.05) is 29.8 Å². The number of carbonyl (C=O) groups excluding carboxylic acids is 1. The quantitative estimate of drug-likeness (QED) is 0.777. The van der Waals surface area contributed by atoms with Gasteiger partial charge in [0, 0.05) is 26.2 Å². The van der Waals surface area contributed by atoms with Crippen molar-refractivity contribution in [3.8, 4) is 5.75 Å². The van der Waals surface area contributed by atoms with Gasteiger partial charge in [-0.25, -0.2) is 0 Å². The number of piperazine rings is 1. The summed E-state index contributed by atoms with van der Waals surface area (Å²) < 4.78 is 44.2. The molecule has 1 aliphatic heterocycles. The van der Waals surface area contributed by atoms with E-state index in [0.29, 0.717) is 37.6 Å². The Labute approximate surface area is 160 Å². The van der Waals surface area contributed by atoms with Gasteiger partial charge in [0.25, 0.3) is 5.91 Å². The summed E-state index contributed by atoms with van der Waals surface area (Å²) in [5.41, 5.74) is -0.407. The second kappa shape index (κ2) is 8.08. The molecule has 1 saturated heterocycles. The first-order valence-electron chi connectivity index (χ1n) is 8.42. The topological polar surface area (TPSA) is 32.8 Å². The Kier molecular flexibility index (Phi) is 5.79. The minimum Gasteiger partial charge on any atom is -0.484 e. The minimum absolute atomic E-state index is 0.0751. The van der Waals surface area contributed by atoms with Gasteiger partial charge in [-0.2, -0.15) is 13.2 Å². The van der Waals surface area contributed by atoms with Gasteiger partial charge in [0.05, 0.1) is 16.3 Å². The highest BCUT2D eigenvalue weighted by Gasteiger charge is 2.32. The van der Waals surface area contributed by atoms with E-state index in [1.807, 2.05) is 18.2 Å². The molecule has 0 unspecified atom stereocenters. The fraction of sp³-hybridized carbons (Fsp3) is 0.316. The smallest absolute Gasteiger partial charge is 0.416 e. The van der Waals surface area contributed by atoms with Crippen LogP contribution >= 0.6 is 11.6 Å². The number of anilines is 1. The van der Waals surface area contributed by atoms with Gasteiger partial charge < -0.3 is 14.5 Å². The van der Waals surface area contributed by atoms with E-state index in [1.54, 1.807) is 21.9 Å². The standard InChI is InChI=1S/C19H18ClF3N2O2/c20-16-7-6-14(19(21,22)23)12-17(16)24-8-10-25(11-9-24)18(26)13-27-15-4-2-1-3-5-15/h1-7,12H,8-11,13H2. The summed E-state index contributed by atoms with van der Waals surface area (Å²) in [5.74, 6) is 0.453. The molecular formula is C19H18ClF3N2O2. The summed E-state index contributed by atoms with van der Waals surface area (Å²) in [5, 5.41) is 0.259. The van der Waals surface area contributed by atoms with Gasteiger partial charge in [0.15, 0.2) is 6.61 Å². The average Bonchev–Trinajstić information content (AvgIpc) is 2.66. The highest BCUT2D eigenvalue weighted by molar-refractivity contribution is 6.33. The number of amides is 1. The molecule has 2 aromatic rings. The first kappa shape index (κ1) is 19.4. The van der Waals surface area contributed by atoms with E-state index in [0.717, 1.165) is 12.1 Å². The summed E-state index contributed by atoms with van der Waals surface area (Å²) in [7, 11) is 0. The first-order chi connectivity index (χ1) is 12.8. The van der Waals surface area contributed by atoms with Crippen molar-refractivity contribution in [2.75, 3.05) is 37.7 Å². The Morgan fingerprint density at radius 2 is 1.70 bits per heavy atom. The number of carbonyl (C=O) groups is 1. The molecule has 0 spiro atoms. The normalized spacial score (nSPS) is 15.0. The van der Waals surface area contributed by atoms with Crippen LogP contribution in [0, 0.1) is 0 Å². The van der Waals surface area contributed by atoms with Crippen LogP contribution in [0.2, 0.25) is 5.02 Å². The van der Waals surface area contributed by atoms with Crippen LogP contribution in [0.1, 0.15) is 5.56 Å². The molecule has 1 fully saturated rings. The second-order valence-electron chi connectivity index (χ2n) is 6.13. The Hall–Kier alpha value is -2.41. The fourth-order valence-corrected chi connectivity index (χ4v) is 3.12. The van der Waals surface area contributed by atoms with Gasteiger partial charge >= 0.3 is 6.18 Å². The summed E-state index contributed by atoms with van der Waals surface area (Å²) in [6.45, 7) is 1.51. The van der Waals surface area contributed by atoms with Gasteiger partial charge in [0.2, 0.25) is 0 Å². The van der Waals surface area contributed by atoms with Crippen molar-refractivity contribution < 1.29 is 22.7 Å². The number of ether oxygens (including phenoxy) is 1. The molecule has 1 heterocycles. The monoisotopic (exact) mass is 398 g/mol. The van der Waals surface area contributed by atoms with E-state index in [9.17, 15) is 18.0 Å². The number of rotatable bonds is 4. The Balaban J connectivity index is 1.58. The van der Waals surface area contributed by atoms with Gasteiger partial charge in [-0.3, -0.25) is 4.79 Å². The molecule has 0 aliphatic carbocycles. The molecule has 0 radical (unpaired) electrons. The van der Waals surface area contributed by atoms with Crippen LogP contribution in [0.5, 0.6) is 5.75 Å². The van der Waals surface area contributed by atoms with E-state index in [4.69, 9.17) is 16.3 Å². The number of nitrogens with zero attached hydrogens (tertiary/aromatic N) is 2. The number of alkyl halides is 3. The zero-order valence-corrected chi connectivity index (χ0v) is 15.1. The average molecular weight is 399 g/mol. The zero-order valence-electron chi connectivity index (χ0n) is 14.4. The second-order valence-corrected chi connectivity index (χ2v) is 6.54. The van der Waals surface area contributed by atoms with Gasteiger partial charge in [-0.05, 0) is 30.3 Å². The maximum atomic E-state index is 12.9. The van der Waals surface area contributed by atoms with E-state index in [-0.39, 0.29) is 17.5 Å². The molecule has 144 valence electrons. The SMILES string of the molecule is O=C(COc1ccccc1)N1CCN(c2cc(C(F)(F)F)ccc2Cl)CC1. The summed E-state index contributed by atoms with van der Waals surface area (Å²) >= 11 is 6.09. The van der Waals surface area contributed by atoms with Crippen LogP contribution < -0.4 is 9.64 Å². The van der Waals surface area contributed by atoms with Crippen molar-refractivity contribution in [3.05, 3.63) is 59.1 Å². The third kappa shape index (κ3) is 4.86. The maximum absolute atomic E-state index is 12.9. The molecule has 27 heavy (non-hydrogen) atoms. The van der Waals surface area contributed by atoms with Crippen LogP contribution in [0.4, 0.5) is 18.9 Å². The molecule has 4 nitrogen and oxygen atoms in total. The Morgan fingerprint density at radius 1 is 1.04 bits per heavy atom. The summed E-state index contributed by atoms with van der Waals surface area (Å²) in [4.78, 5) is 15.7. The predicted octanol–water partition coefficient (Wildman–Crippen LogP) is 4.09. The van der Waals surface area contributed by atoms with Crippen LogP contribution in [-0.4, -0.2) is 43.6 Å². The number of benzene rings is 2.